The van der Waals surface area contributed by atoms with E-state index in [1.807, 2.05) is 13.8 Å². The van der Waals surface area contributed by atoms with E-state index in [4.69, 9.17) is 4.74 Å². The first-order valence-corrected chi connectivity index (χ1v) is 11.7. The minimum absolute atomic E-state index is 0.0219. The molecule has 0 radical (unpaired) electrons. The molecule has 1 rings (SSSR count). The highest BCUT2D eigenvalue weighted by Crippen LogP contribution is 2.25. The van der Waals surface area contributed by atoms with E-state index in [1.54, 1.807) is 54.8 Å². The third-order valence-corrected chi connectivity index (χ3v) is 6.15. The highest BCUT2D eigenvalue weighted by atomic mass is 32.2. The lowest BCUT2D eigenvalue weighted by atomic mass is 9.86. The number of hydrogen-bond acceptors (Lipinski definition) is 6. The van der Waals surface area contributed by atoms with Crippen molar-refractivity contribution in [2.45, 2.75) is 65.6 Å². The third-order valence-electron chi connectivity index (χ3n) is 4.84. The number of aromatic nitrogens is 2. The Bertz CT molecular complexity index is 912. The Kier molecular flexibility index (Phi) is 9.01. The molecule has 0 bridgehead atoms. The van der Waals surface area contributed by atoms with Crippen molar-refractivity contribution >= 4 is 21.9 Å². The average Bonchev–Trinajstić information content (AvgIpc) is 3.09. The number of nitrogens with one attached hydrogen (secondary N) is 1. The van der Waals surface area contributed by atoms with Crippen molar-refractivity contribution in [1.29, 1.82) is 0 Å². The van der Waals surface area contributed by atoms with Crippen LogP contribution in [-0.2, 0) is 31.4 Å². The summed E-state index contributed by atoms with van der Waals surface area (Å²) in [6, 6.07) is -1.47. The molecule has 0 saturated carbocycles. The molecule has 0 aromatic carbocycles. The van der Waals surface area contributed by atoms with Crippen molar-refractivity contribution in [2.75, 3.05) is 13.7 Å². The minimum Gasteiger partial charge on any atom is -0.463 e. The molecule has 2 atom stereocenters. The largest absolute Gasteiger partial charge is 0.463 e. The molecular weight excluding hydrogens is 420 g/mol. The molecule has 0 spiro atoms. The first-order valence-electron chi connectivity index (χ1n) is 10.2. The molecule has 1 amide bonds. The Morgan fingerprint density at radius 2 is 1.90 bits per heavy atom. The van der Waals surface area contributed by atoms with E-state index < -0.39 is 39.4 Å². The Morgan fingerprint density at radius 3 is 2.32 bits per heavy atom. The molecule has 2 unspecified atom stereocenters. The maximum atomic E-state index is 13.5. The number of esters is 1. The van der Waals surface area contributed by atoms with Gasteiger partial charge in [-0.15, -0.1) is 0 Å². The molecule has 176 valence electrons. The Morgan fingerprint density at radius 1 is 1.32 bits per heavy atom. The van der Waals surface area contributed by atoms with Crippen LogP contribution < -0.4 is 4.72 Å². The van der Waals surface area contributed by atoms with Gasteiger partial charge >= 0.3 is 5.97 Å². The summed E-state index contributed by atoms with van der Waals surface area (Å²) < 4.78 is 34.8. The first-order chi connectivity index (χ1) is 14.1. The summed E-state index contributed by atoms with van der Waals surface area (Å²) in [7, 11) is -0.738. The normalized spacial score (nSPS) is 15.0. The van der Waals surface area contributed by atoms with Gasteiger partial charge in [0, 0.05) is 25.9 Å². The number of carbonyl (C=O) groups excluding carboxylic acids is 2. The molecule has 10 heteroatoms. The second kappa shape index (κ2) is 10.4. The van der Waals surface area contributed by atoms with Crippen LogP contribution in [0.25, 0.3) is 0 Å². The maximum Gasteiger partial charge on any atom is 0.333 e. The average molecular weight is 457 g/mol. The van der Waals surface area contributed by atoms with E-state index in [-0.39, 0.29) is 17.6 Å². The van der Waals surface area contributed by atoms with Gasteiger partial charge in [0.1, 0.15) is 6.04 Å². The van der Waals surface area contributed by atoms with Gasteiger partial charge in [0.25, 0.3) is 10.0 Å². The number of ether oxygens (including phenoxy) is 1. The van der Waals surface area contributed by atoms with Crippen LogP contribution in [0.15, 0.2) is 29.2 Å². The second-order valence-corrected chi connectivity index (χ2v) is 10.7. The van der Waals surface area contributed by atoms with Crippen LogP contribution in [0.5, 0.6) is 0 Å². The van der Waals surface area contributed by atoms with Crippen molar-refractivity contribution in [2.24, 2.45) is 18.4 Å². The molecule has 0 fully saturated rings. The molecule has 1 aromatic rings. The van der Waals surface area contributed by atoms with E-state index in [2.05, 4.69) is 9.71 Å². The minimum atomic E-state index is -4.01. The molecular formula is C21H36N4O5S. The number of hydrogen-bond donors (Lipinski definition) is 1. The van der Waals surface area contributed by atoms with Gasteiger partial charge in [-0.3, -0.25) is 4.79 Å². The number of sulfonamides is 1. The number of likely N-dealkylation sites (N-methyl/N-ethyl adjacent to an activating group) is 1. The quantitative estimate of drug-likeness (QED) is 0.450. The van der Waals surface area contributed by atoms with Gasteiger partial charge in [0.05, 0.1) is 19.0 Å². The predicted octanol–water partition coefficient (Wildman–Crippen LogP) is 2.11. The SMILES string of the molecule is CCOC(=O)/C(C)=C/C(C(C)C)N(C)C(=O)C(NS(=O)(=O)c1cn(C)cn1)C(C)(C)C. The van der Waals surface area contributed by atoms with Crippen LogP contribution in [0.3, 0.4) is 0 Å². The summed E-state index contributed by atoms with van der Waals surface area (Å²) in [6.45, 7) is 12.8. The molecule has 31 heavy (non-hydrogen) atoms. The topological polar surface area (TPSA) is 111 Å². The highest BCUT2D eigenvalue weighted by molar-refractivity contribution is 7.89. The number of nitrogens with zero attached hydrogens (tertiary/aromatic N) is 3. The Balaban J connectivity index is 3.26. The number of rotatable bonds is 9. The lowest BCUT2D eigenvalue weighted by Crippen LogP contribution is -2.56. The summed E-state index contributed by atoms with van der Waals surface area (Å²) in [4.78, 5) is 30.9. The lowest BCUT2D eigenvalue weighted by Gasteiger charge is -2.37. The molecule has 0 aliphatic heterocycles. The van der Waals surface area contributed by atoms with Gasteiger partial charge in [0.15, 0.2) is 5.03 Å². The molecule has 9 nitrogen and oxygen atoms in total. The van der Waals surface area contributed by atoms with Crippen LogP contribution >= 0.6 is 0 Å². The van der Waals surface area contributed by atoms with Crippen molar-refractivity contribution in [3.63, 3.8) is 0 Å². The molecule has 1 heterocycles. The van der Waals surface area contributed by atoms with E-state index >= 15 is 0 Å². The van der Waals surface area contributed by atoms with Gasteiger partial charge in [-0.1, -0.05) is 40.7 Å². The molecule has 1 N–H and O–H groups in total. The number of imidazole rings is 1. The summed E-state index contributed by atoms with van der Waals surface area (Å²) >= 11 is 0. The predicted molar refractivity (Wildman–Crippen MR) is 119 cm³/mol. The number of carbonyl (C=O) groups is 2. The fourth-order valence-corrected chi connectivity index (χ4v) is 4.39. The highest BCUT2D eigenvalue weighted by Gasteiger charge is 2.39. The summed E-state index contributed by atoms with van der Waals surface area (Å²) in [5, 5.41) is -0.154. The number of aryl methyl sites for hydroxylation is 1. The van der Waals surface area contributed by atoms with Crippen molar-refractivity contribution in [3.8, 4) is 0 Å². The smallest absolute Gasteiger partial charge is 0.333 e. The lowest BCUT2D eigenvalue weighted by molar-refractivity contribution is -0.139. The van der Waals surface area contributed by atoms with Crippen LogP contribution in [0.1, 0.15) is 48.5 Å². The van der Waals surface area contributed by atoms with E-state index in [0.717, 1.165) is 0 Å². The molecule has 0 saturated heterocycles. The molecule has 0 aliphatic rings. The number of amides is 1. The Hall–Kier alpha value is -2.20. The second-order valence-electron chi connectivity index (χ2n) is 9.05. The fraction of sp³-hybridized carbons (Fsp3) is 0.667. The van der Waals surface area contributed by atoms with Crippen LogP contribution in [0, 0.1) is 11.3 Å². The van der Waals surface area contributed by atoms with Crippen LogP contribution in [-0.4, -0.2) is 60.5 Å². The van der Waals surface area contributed by atoms with E-state index in [1.165, 1.54) is 22.0 Å². The zero-order valence-corrected chi connectivity index (χ0v) is 20.8. The fourth-order valence-electron chi connectivity index (χ4n) is 3.01. The zero-order chi connectivity index (χ0) is 24.1. The molecule has 0 aliphatic carbocycles. The van der Waals surface area contributed by atoms with E-state index in [0.29, 0.717) is 5.57 Å². The van der Waals surface area contributed by atoms with Gasteiger partial charge in [0.2, 0.25) is 5.91 Å². The van der Waals surface area contributed by atoms with E-state index in [9.17, 15) is 18.0 Å². The maximum absolute atomic E-state index is 13.5. The third kappa shape index (κ3) is 7.17. The standard InChI is InChI=1S/C21H36N4O5S/c1-10-30-20(27)15(4)11-16(14(2)3)25(9)19(26)18(21(5,6)7)23-31(28,29)17-12-24(8)13-22-17/h11-14,16,18,23H,10H2,1-9H3/b15-11+. The Labute approximate surface area is 185 Å². The first kappa shape index (κ1) is 26.8. The van der Waals surface area contributed by atoms with Gasteiger partial charge in [-0.05, 0) is 25.2 Å². The van der Waals surface area contributed by atoms with Crippen LogP contribution in [0.2, 0.25) is 0 Å². The zero-order valence-electron chi connectivity index (χ0n) is 20.0. The van der Waals surface area contributed by atoms with Gasteiger partial charge < -0.3 is 14.2 Å². The molecule has 1 aromatic heterocycles. The van der Waals surface area contributed by atoms with Crippen molar-refractivity contribution in [1.82, 2.24) is 19.2 Å². The monoisotopic (exact) mass is 456 g/mol. The summed E-state index contributed by atoms with van der Waals surface area (Å²) in [5.74, 6) is -0.873. The van der Waals surface area contributed by atoms with Crippen molar-refractivity contribution in [3.05, 3.63) is 24.2 Å². The van der Waals surface area contributed by atoms with Gasteiger partial charge in [-0.2, -0.15) is 4.72 Å². The van der Waals surface area contributed by atoms with Gasteiger partial charge in [-0.25, -0.2) is 18.2 Å². The summed E-state index contributed by atoms with van der Waals surface area (Å²) in [6.07, 6.45) is 4.44. The van der Waals surface area contributed by atoms with Crippen molar-refractivity contribution < 1.29 is 22.7 Å². The van der Waals surface area contributed by atoms with Crippen LogP contribution in [0.4, 0.5) is 0 Å². The summed E-state index contributed by atoms with van der Waals surface area (Å²) in [5.41, 5.74) is -0.323.